The van der Waals surface area contributed by atoms with E-state index in [1.54, 1.807) is 54.6 Å². The van der Waals surface area contributed by atoms with Crippen molar-refractivity contribution in [3.05, 3.63) is 120 Å². The maximum Gasteiger partial charge on any atom is 0.206 e. The molecule has 0 heterocycles. The van der Waals surface area contributed by atoms with Crippen LogP contribution in [0.3, 0.4) is 0 Å². The number of fused-ring (bicyclic) bond motifs is 6. The molecular weight excluding hydrogens is 593 g/mol. The van der Waals surface area contributed by atoms with Crippen molar-refractivity contribution in [2.24, 2.45) is 9.98 Å². The van der Waals surface area contributed by atoms with Crippen LogP contribution in [0.1, 0.15) is 0 Å². The first-order chi connectivity index (χ1) is 21.3. The van der Waals surface area contributed by atoms with E-state index in [1.807, 2.05) is 18.5 Å². The van der Waals surface area contributed by atoms with Crippen LogP contribution in [-0.2, 0) is 19.7 Å². The van der Waals surface area contributed by atoms with E-state index < -0.39 is 19.7 Å². The van der Waals surface area contributed by atoms with E-state index >= 15 is 0 Å². The largest absolute Gasteiger partial charge is 0.219 e. The molecule has 0 atom stereocenters. The van der Waals surface area contributed by atoms with Gasteiger partial charge in [0.15, 0.2) is 0 Å². The summed E-state index contributed by atoms with van der Waals surface area (Å²) in [6, 6.07) is 29.3. The van der Waals surface area contributed by atoms with Gasteiger partial charge < -0.3 is 0 Å². The maximum atomic E-state index is 13.4. The molecule has 210 valence electrons. The summed E-state index contributed by atoms with van der Waals surface area (Å²) in [5.41, 5.74) is 0. The van der Waals surface area contributed by atoms with Gasteiger partial charge in [-0.1, -0.05) is 48.5 Å². The van der Waals surface area contributed by atoms with Crippen molar-refractivity contribution >= 4 is 62.8 Å². The minimum absolute atomic E-state index is 0.0673. The summed E-state index contributed by atoms with van der Waals surface area (Å²) in [7, 11) is -7.66. The third-order valence-corrected chi connectivity index (χ3v) is 11.3. The normalized spacial score (nSPS) is 13.1. The Hall–Kier alpha value is -5.68. The van der Waals surface area contributed by atoms with Crippen LogP contribution in [0.4, 0.5) is 0 Å². The van der Waals surface area contributed by atoms with Crippen LogP contribution in [-0.4, -0.2) is 16.8 Å². The number of sulfone groups is 2. The van der Waals surface area contributed by atoms with E-state index in [4.69, 9.17) is 0 Å². The highest BCUT2D eigenvalue weighted by atomic mass is 32.2. The molecule has 0 amide bonds. The molecule has 0 bridgehead atoms. The number of rotatable bonds is 4. The molecule has 8 nitrogen and oxygen atoms in total. The van der Waals surface area contributed by atoms with E-state index in [9.17, 15) is 27.4 Å². The second-order valence-electron chi connectivity index (χ2n) is 10.1. The second-order valence-corrected chi connectivity index (χ2v) is 14.0. The molecule has 7 aromatic rings. The van der Waals surface area contributed by atoms with Crippen LogP contribution in [0.15, 0.2) is 139 Å². The molecule has 0 aliphatic heterocycles. The lowest BCUT2D eigenvalue weighted by Gasteiger charge is -2.05. The highest BCUT2D eigenvalue weighted by Gasteiger charge is 2.22. The highest BCUT2D eigenvalue weighted by molar-refractivity contribution is 7.91. The first-order valence-electron chi connectivity index (χ1n) is 13.3. The zero-order chi connectivity index (χ0) is 30.6. The zero-order valence-electron chi connectivity index (χ0n) is 22.6. The van der Waals surface area contributed by atoms with Crippen molar-refractivity contribution in [2.75, 3.05) is 0 Å². The predicted octanol–water partition coefficient (Wildman–Crippen LogP) is 5.60. The number of benzene rings is 5. The van der Waals surface area contributed by atoms with Gasteiger partial charge in [-0.2, -0.15) is 20.5 Å². The standard InChI is InChI=1S/C34H18N4O4S2/c35-19-37-33-29-15-23(43(39,40)21-7-3-1-4-8-21)11-13-25(29)27-17-28-26-14-12-24(44(41,42)22-9-5-2-6-10-22)16-30(26)34(38-20-36)32(28)18-31(27)33/h1-18H/b37-33-,38-34+. The number of nitriles is 2. The molecule has 0 aliphatic carbocycles. The third-order valence-electron chi connectivity index (χ3n) is 7.79. The average Bonchev–Trinajstić information content (AvgIpc) is 3.52. The van der Waals surface area contributed by atoms with Gasteiger partial charge >= 0.3 is 0 Å². The molecule has 0 spiro atoms. The monoisotopic (exact) mass is 610 g/mol. The Bertz CT molecular complexity index is 2560. The zero-order valence-corrected chi connectivity index (χ0v) is 24.3. The van der Waals surface area contributed by atoms with E-state index in [0.29, 0.717) is 43.0 Å². The van der Waals surface area contributed by atoms with Gasteiger partial charge in [-0.25, -0.2) is 16.8 Å². The molecule has 0 unspecified atom stereocenters. The van der Waals surface area contributed by atoms with Crippen LogP contribution in [0.2, 0.25) is 0 Å². The predicted molar refractivity (Wildman–Crippen MR) is 165 cm³/mol. The van der Waals surface area contributed by atoms with Gasteiger partial charge in [0, 0.05) is 21.5 Å². The van der Waals surface area contributed by atoms with Gasteiger partial charge in [0.2, 0.25) is 32.1 Å². The lowest BCUT2D eigenvalue weighted by atomic mass is 10.1. The first kappa shape index (κ1) is 27.2. The SMILES string of the molecule is N#C/N=c1\c2cc(S(=O)(=O)c3ccccc3)ccc2c2cc3c(cc12)/c(=N\C#N)c1cc(S(=O)(=O)c2ccccc2)ccc13. The Morgan fingerprint density at radius 1 is 0.409 bits per heavy atom. The topological polar surface area (TPSA) is 141 Å². The summed E-state index contributed by atoms with van der Waals surface area (Å²) < 4.78 is 53.5. The summed E-state index contributed by atoms with van der Waals surface area (Å²) in [5.74, 6) is 0. The molecule has 7 rings (SSSR count). The van der Waals surface area contributed by atoms with Crippen LogP contribution in [0, 0.1) is 22.9 Å². The molecule has 0 saturated heterocycles. The minimum atomic E-state index is -3.83. The average molecular weight is 611 g/mol. The summed E-state index contributed by atoms with van der Waals surface area (Å²) in [4.78, 5) is 8.57. The number of hydrogen-bond donors (Lipinski definition) is 0. The molecule has 44 heavy (non-hydrogen) atoms. The van der Waals surface area contributed by atoms with Crippen LogP contribution < -0.4 is 10.7 Å². The Morgan fingerprint density at radius 3 is 1.16 bits per heavy atom. The van der Waals surface area contributed by atoms with E-state index in [-0.39, 0.29) is 19.6 Å². The van der Waals surface area contributed by atoms with Crippen molar-refractivity contribution in [2.45, 2.75) is 19.6 Å². The van der Waals surface area contributed by atoms with Crippen molar-refractivity contribution in [3.63, 3.8) is 0 Å². The summed E-state index contributed by atoms with van der Waals surface area (Å²) >= 11 is 0. The smallest absolute Gasteiger partial charge is 0.206 e. The molecule has 0 N–H and O–H groups in total. The van der Waals surface area contributed by atoms with Crippen molar-refractivity contribution in [1.82, 2.24) is 0 Å². The summed E-state index contributed by atoms with van der Waals surface area (Å²) in [6.07, 6.45) is 3.66. The Kier molecular flexibility index (Phi) is 6.15. The molecule has 7 aromatic carbocycles. The molecular formula is C34H18N4O4S2. The van der Waals surface area contributed by atoms with E-state index in [1.165, 1.54) is 48.5 Å². The number of nitrogens with zero attached hydrogens (tertiary/aromatic N) is 4. The van der Waals surface area contributed by atoms with Crippen LogP contribution in [0.5, 0.6) is 0 Å². The van der Waals surface area contributed by atoms with Gasteiger partial charge in [0.1, 0.15) is 0 Å². The summed E-state index contributed by atoms with van der Waals surface area (Å²) in [6.45, 7) is 0. The maximum absolute atomic E-state index is 13.4. The molecule has 0 saturated carbocycles. The first-order valence-corrected chi connectivity index (χ1v) is 16.2. The van der Waals surface area contributed by atoms with Crippen molar-refractivity contribution in [3.8, 4) is 12.4 Å². The van der Waals surface area contributed by atoms with Crippen molar-refractivity contribution < 1.29 is 16.8 Å². The third kappa shape index (κ3) is 4.01. The molecule has 0 radical (unpaired) electrons. The lowest BCUT2D eigenvalue weighted by molar-refractivity contribution is 0.594. The fourth-order valence-electron chi connectivity index (χ4n) is 5.78. The van der Waals surface area contributed by atoms with Gasteiger partial charge in [0.25, 0.3) is 0 Å². The van der Waals surface area contributed by atoms with Gasteiger partial charge in [-0.15, -0.1) is 0 Å². The van der Waals surface area contributed by atoms with Crippen molar-refractivity contribution in [1.29, 1.82) is 10.5 Å². The molecule has 10 heteroatoms. The van der Waals surface area contributed by atoms with Gasteiger partial charge in [-0.3, -0.25) is 0 Å². The Labute approximate surface area is 251 Å². The van der Waals surface area contributed by atoms with Gasteiger partial charge in [0.05, 0.1) is 30.3 Å². The minimum Gasteiger partial charge on any atom is -0.219 e. The number of hydrogen-bond acceptors (Lipinski definition) is 8. The lowest BCUT2D eigenvalue weighted by Crippen LogP contribution is -2.04. The fraction of sp³-hybridized carbons (Fsp3) is 0. The van der Waals surface area contributed by atoms with E-state index in [2.05, 4.69) is 9.98 Å². The van der Waals surface area contributed by atoms with E-state index in [0.717, 1.165) is 10.8 Å². The quantitative estimate of drug-likeness (QED) is 0.238. The Balaban J connectivity index is 1.53. The molecule has 0 aromatic heterocycles. The van der Waals surface area contributed by atoms with Crippen LogP contribution in [0.25, 0.3) is 43.1 Å². The van der Waals surface area contributed by atoms with Crippen LogP contribution >= 0.6 is 0 Å². The molecule has 0 fully saturated rings. The summed E-state index contributed by atoms with van der Waals surface area (Å²) in [5, 5.41) is 24.7. The fourth-order valence-corrected chi connectivity index (χ4v) is 8.40. The second kappa shape index (κ2) is 9.96. The highest BCUT2D eigenvalue weighted by Crippen LogP contribution is 2.35. The van der Waals surface area contributed by atoms with Gasteiger partial charge in [-0.05, 0) is 82.2 Å². The molecule has 0 aliphatic rings. The Morgan fingerprint density at radius 2 is 0.773 bits per heavy atom.